The summed E-state index contributed by atoms with van der Waals surface area (Å²) in [6.07, 6.45) is 13.3. The van der Waals surface area contributed by atoms with Crippen LogP contribution in [-0.2, 0) is 0 Å². The highest BCUT2D eigenvalue weighted by atomic mass is 16.3. The van der Waals surface area contributed by atoms with Crippen molar-refractivity contribution in [3.8, 4) is 0 Å². The molecule has 0 aromatic rings. The highest BCUT2D eigenvalue weighted by Gasteiger charge is 2.49. The van der Waals surface area contributed by atoms with Gasteiger partial charge < -0.3 is 5.11 Å². The summed E-state index contributed by atoms with van der Waals surface area (Å²) in [4.78, 5) is 11.8. The number of aliphatic hydroxyl groups is 1. The molecule has 0 aromatic carbocycles. The first kappa shape index (κ1) is 21.3. The summed E-state index contributed by atoms with van der Waals surface area (Å²) >= 11 is 0. The first-order chi connectivity index (χ1) is 12.8. The molecule has 0 aliphatic heterocycles. The summed E-state index contributed by atoms with van der Waals surface area (Å²) in [5.41, 5.74) is 0.00633. The molecule has 3 aliphatic rings. The van der Waals surface area contributed by atoms with E-state index in [1.54, 1.807) is 0 Å². The van der Waals surface area contributed by atoms with Gasteiger partial charge in [0.2, 0.25) is 0 Å². The second-order valence-corrected chi connectivity index (χ2v) is 11.2. The monoisotopic (exact) mass is 377 g/mol. The number of hydrogen-bond donors (Lipinski definition) is 1. The minimum absolute atomic E-state index is 0.263. The molecule has 0 amide bonds. The third-order valence-electron chi connectivity index (χ3n) is 9.11. The molecule has 3 fully saturated rings. The SMILES string of the molecule is CC(CC[C@]1(C)C[C@](CC2CC2)(N=O)CCC1C)C1CC[C@H](C(C)CO)C1. The Morgan fingerprint density at radius 2 is 1.74 bits per heavy atom. The normalized spacial score (nSPS) is 42.0. The fourth-order valence-corrected chi connectivity index (χ4v) is 6.36. The van der Waals surface area contributed by atoms with Crippen LogP contribution in [0.25, 0.3) is 0 Å². The number of aliphatic hydroxyl groups excluding tert-OH is 1. The summed E-state index contributed by atoms with van der Waals surface area (Å²) in [5.74, 6) is 4.24. The van der Waals surface area contributed by atoms with Gasteiger partial charge in [-0.2, -0.15) is 4.91 Å². The maximum absolute atomic E-state index is 11.8. The van der Waals surface area contributed by atoms with E-state index >= 15 is 0 Å². The van der Waals surface area contributed by atoms with E-state index in [4.69, 9.17) is 0 Å². The van der Waals surface area contributed by atoms with Crippen molar-refractivity contribution in [2.45, 2.75) is 104 Å². The maximum Gasteiger partial charge on any atom is 0.103 e. The quantitative estimate of drug-likeness (QED) is 0.461. The average Bonchev–Trinajstić information content (AvgIpc) is 3.33. The molecule has 0 aromatic heterocycles. The minimum atomic E-state index is -0.263. The predicted octanol–water partition coefficient (Wildman–Crippen LogP) is 6.58. The van der Waals surface area contributed by atoms with E-state index in [9.17, 15) is 10.0 Å². The lowest BCUT2D eigenvalue weighted by molar-refractivity contribution is 0.0467. The molecule has 4 unspecified atom stereocenters. The van der Waals surface area contributed by atoms with Crippen molar-refractivity contribution in [3.05, 3.63) is 4.91 Å². The average molecular weight is 378 g/mol. The maximum atomic E-state index is 11.8. The number of hydrogen-bond acceptors (Lipinski definition) is 3. The molecule has 3 nitrogen and oxygen atoms in total. The predicted molar refractivity (Wildman–Crippen MR) is 112 cm³/mol. The van der Waals surface area contributed by atoms with Gasteiger partial charge in [0, 0.05) is 6.61 Å². The standard InChI is InChI=1S/C24H43NO2/c1-17(21-7-8-22(13-21)18(2)15-26)9-11-23(4)16-24(25-27,12-10-19(23)3)14-20-5-6-20/h17-22,26H,5-16H2,1-4H3/t17?,18?,19?,21?,22-,23+,24-/m0/s1. The Labute approximate surface area is 167 Å². The summed E-state index contributed by atoms with van der Waals surface area (Å²) < 4.78 is 0. The minimum Gasteiger partial charge on any atom is -0.396 e. The number of nitroso groups, excluding NO2 is 1. The van der Waals surface area contributed by atoms with Crippen molar-refractivity contribution in [1.29, 1.82) is 0 Å². The van der Waals surface area contributed by atoms with Crippen LogP contribution < -0.4 is 0 Å². The molecule has 7 atom stereocenters. The van der Waals surface area contributed by atoms with Gasteiger partial charge in [-0.1, -0.05) is 45.7 Å². The molecule has 0 heterocycles. The second-order valence-electron chi connectivity index (χ2n) is 11.2. The van der Waals surface area contributed by atoms with Gasteiger partial charge in [-0.15, -0.1) is 0 Å². The van der Waals surface area contributed by atoms with Crippen LogP contribution in [0, 0.1) is 45.8 Å². The fourth-order valence-electron chi connectivity index (χ4n) is 6.36. The zero-order valence-corrected chi connectivity index (χ0v) is 18.3. The summed E-state index contributed by atoms with van der Waals surface area (Å²) in [6.45, 7) is 9.84. The van der Waals surface area contributed by atoms with E-state index in [0.717, 1.165) is 42.9 Å². The molecular weight excluding hydrogens is 334 g/mol. The fraction of sp³-hybridized carbons (Fsp3) is 1.00. The molecule has 3 saturated carbocycles. The molecule has 3 aliphatic carbocycles. The van der Waals surface area contributed by atoms with Gasteiger partial charge in [-0.25, -0.2) is 0 Å². The Balaban J connectivity index is 1.55. The highest BCUT2D eigenvalue weighted by Crippen LogP contribution is 2.54. The number of rotatable bonds is 9. The Hall–Kier alpha value is -0.440. The van der Waals surface area contributed by atoms with Crippen molar-refractivity contribution in [2.75, 3.05) is 6.61 Å². The second kappa shape index (κ2) is 8.51. The van der Waals surface area contributed by atoms with Crippen molar-refractivity contribution >= 4 is 0 Å². The van der Waals surface area contributed by atoms with Crippen LogP contribution in [0.15, 0.2) is 5.18 Å². The lowest BCUT2D eigenvalue weighted by Crippen LogP contribution is -2.43. The third-order valence-corrected chi connectivity index (χ3v) is 9.11. The van der Waals surface area contributed by atoms with Gasteiger partial charge in [0.1, 0.15) is 5.54 Å². The Bertz CT molecular complexity index is 505. The molecule has 3 rings (SSSR count). The van der Waals surface area contributed by atoms with Crippen LogP contribution in [0.1, 0.15) is 98.3 Å². The molecule has 27 heavy (non-hydrogen) atoms. The van der Waals surface area contributed by atoms with Crippen LogP contribution in [0.5, 0.6) is 0 Å². The topological polar surface area (TPSA) is 49.7 Å². The van der Waals surface area contributed by atoms with Gasteiger partial charge in [0.25, 0.3) is 0 Å². The summed E-state index contributed by atoms with van der Waals surface area (Å²) in [5, 5.41) is 13.2. The van der Waals surface area contributed by atoms with Gasteiger partial charge >= 0.3 is 0 Å². The lowest BCUT2D eigenvalue weighted by Gasteiger charge is -2.47. The van der Waals surface area contributed by atoms with Crippen molar-refractivity contribution in [3.63, 3.8) is 0 Å². The van der Waals surface area contributed by atoms with Gasteiger partial charge in [-0.05, 0) is 98.7 Å². The largest absolute Gasteiger partial charge is 0.396 e. The molecule has 0 spiro atoms. The summed E-state index contributed by atoms with van der Waals surface area (Å²) in [7, 11) is 0. The smallest absolute Gasteiger partial charge is 0.103 e. The zero-order valence-electron chi connectivity index (χ0n) is 18.3. The van der Waals surface area contributed by atoms with Crippen molar-refractivity contribution < 1.29 is 5.11 Å². The van der Waals surface area contributed by atoms with E-state index < -0.39 is 0 Å². The third kappa shape index (κ3) is 4.95. The van der Waals surface area contributed by atoms with Crippen LogP contribution in [0.2, 0.25) is 0 Å². The van der Waals surface area contributed by atoms with Gasteiger partial charge in [-0.3, -0.25) is 0 Å². The van der Waals surface area contributed by atoms with Gasteiger partial charge in [0.15, 0.2) is 0 Å². The molecule has 0 radical (unpaired) electrons. The first-order valence-electron chi connectivity index (χ1n) is 11.8. The molecular formula is C24H43NO2. The van der Waals surface area contributed by atoms with E-state index in [-0.39, 0.29) is 11.0 Å². The van der Waals surface area contributed by atoms with E-state index in [0.29, 0.717) is 18.4 Å². The zero-order chi connectivity index (χ0) is 19.7. The molecule has 3 heteroatoms. The Morgan fingerprint density at radius 1 is 1.07 bits per heavy atom. The molecule has 1 N–H and O–H groups in total. The van der Waals surface area contributed by atoms with Crippen LogP contribution in [0.4, 0.5) is 0 Å². The first-order valence-corrected chi connectivity index (χ1v) is 11.8. The van der Waals surface area contributed by atoms with Crippen LogP contribution in [0.3, 0.4) is 0 Å². The highest BCUT2D eigenvalue weighted by molar-refractivity contribution is 5.03. The van der Waals surface area contributed by atoms with Crippen LogP contribution >= 0.6 is 0 Å². The van der Waals surface area contributed by atoms with E-state index in [1.807, 2.05) is 0 Å². The lowest BCUT2D eigenvalue weighted by atomic mass is 9.58. The molecule has 0 bridgehead atoms. The van der Waals surface area contributed by atoms with E-state index in [2.05, 4.69) is 32.9 Å². The van der Waals surface area contributed by atoms with Crippen molar-refractivity contribution in [2.24, 2.45) is 46.1 Å². The van der Waals surface area contributed by atoms with E-state index in [1.165, 1.54) is 51.4 Å². The summed E-state index contributed by atoms with van der Waals surface area (Å²) in [6, 6.07) is 0. The van der Waals surface area contributed by atoms with Gasteiger partial charge in [0.05, 0.1) is 0 Å². The van der Waals surface area contributed by atoms with Crippen molar-refractivity contribution in [1.82, 2.24) is 0 Å². The number of nitrogens with zero attached hydrogens (tertiary/aromatic N) is 1. The van der Waals surface area contributed by atoms with Crippen LogP contribution in [-0.4, -0.2) is 17.3 Å². The Kier molecular flexibility index (Phi) is 6.71. The Morgan fingerprint density at radius 3 is 2.33 bits per heavy atom. The molecule has 156 valence electrons. The molecule has 0 saturated heterocycles.